The molecule has 1 N–H and O–H groups in total. The number of halogens is 1. The first-order valence-corrected chi connectivity index (χ1v) is 15.4. The third-order valence-corrected chi connectivity index (χ3v) is 9.46. The molecule has 41 heavy (non-hydrogen) atoms. The lowest BCUT2D eigenvalue weighted by atomic mass is 9.93. The molecule has 0 atom stereocenters. The maximum atomic E-state index is 13.0. The van der Waals surface area contributed by atoms with Gasteiger partial charge in [-0.15, -0.1) is 11.3 Å². The number of aromatic amines is 1. The number of rotatable bonds is 6. The van der Waals surface area contributed by atoms with Crippen LogP contribution in [0.3, 0.4) is 0 Å². The minimum Gasteiger partial charge on any atom is -0.462 e. The van der Waals surface area contributed by atoms with Crippen LogP contribution in [0.5, 0.6) is 0 Å². The Morgan fingerprint density at radius 1 is 1.17 bits per heavy atom. The molecular weight excluding hydrogens is 596 g/mol. The van der Waals surface area contributed by atoms with E-state index in [2.05, 4.69) is 80.7 Å². The Balaban J connectivity index is 1.35. The molecular formula is C33H29BrN4O2S. The highest BCUT2D eigenvalue weighted by Crippen LogP contribution is 2.41. The highest BCUT2D eigenvalue weighted by atomic mass is 79.9. The fourth-order valence-corrected chi connectivity index (χ4v) is 7.44. The van der Waals surface area contributed by atoms with Crippen molar-refractivity contribution in [1.82, 2.24) is 14.5 Å². The molecule has 1 aliphatic rings. The van der Waals surface area contributed by atoms with E-state index < -0.39 is 0 Å². The maximum absolute atomic E-state index is 13.0. The number of carbonyl (C=O) groups excluding carboxylic acids is 1. The molecule has 0 amide bonds. The smallest absolute Gasteiger partial charge is 0.339 e. The standard InChI is InChI=1S/C33H29BrN4O2S/c1-4-40-33(39)30-26-7-5-6-8-29(26)41-31(30)21-9-12-25(13-10-21)38-19(2)15-22(20(38)3)16-23(18-35)32-36-27-14-11-24(34)17-28(27)37-32/h9-17H,4-8H2,1-3H3,(H,36,37)/b23-16+. The van der Waals surface area contributed by atoms with Crippen LogP contribution in [-0.4, -0.2) is 27.1 Å². The highest BCUT2D eigenvalue weighted by molar-refractivity contribution is 9.10. The van der Waals surface area contributed by atoms with Crippen molar-refractivity contribution in [2.45, 2.75) is 46.5 Å². The molecule has 3 heterocycles. The van der Waals surface area contributed by atoms with Gasteiger partial charge in [-0.3, -0.25) is 0 Å². The minimum atomic E-state index is -0.218. The number of hydrogen-bond acceptors (Lipinski definition) is 5. The van der Waals surface area contributed by atoms with Gasteiger partial charge in [-0.1, -0.05) is 28.1 Å². The predicted molar refractivity (Wildman–Crippen MR) is 168 cm³/mol. The summed E-state index contributed by atoms with van der Waals surface area (Å²) in [5, 5.41) is 9.97. The summed E-state index contributed by atoms with van der Waals surface area (Å²) in [5.41, 5.74) is 9.19. The van der Waals surface area contributed by atoms with Gasteiger partial charge in [0, 0.05) is 31.3 Å². The van der Waals surface area contributed by atoms with E-state index in [1.165, 1.54) is 16.9 Å². The van der Waals surface area contributed by atoms with Gasteiger partial charge in [0.1, 0.15) is 11.9 Å². The van der Waals surface area contributed by atoms with Crippen LogP contribution < -0.4 is 0 Å². The summed E-state index contributed by atoms with van der Waals surface area (Å²) in [6.45, 7) is 6.34. The molecule has 3 aromatic heterocycles. The van der Waals surface area contributed by atoms with E-state index in [9.17, 15) is 10.1 Å². The lowest BCUT2D eigenvalue weighted by Gasteiger charge is -2.13. The summed E-state index contributed by atoms with van der Waals surface area (Å²) >= 11 is 5.22. The van der Waals surface area contributed by atoms with Gasteiger partial charge in [0.05, 0.1) is 28.8 Å². The number of aromatic nitrogens is 3. The Labute approximate surface area is 251 Å². The van der Waals surface area contributed by atoms with E-state index in [1.807, 2.05) is 31.2 Å². The molecule has 0 radical (unpaired) electrons. The lowest BCUT2D eigenvalue weighted by molar-refractivity contribution is 0.0526. The Bertz CT molecular complexity index is 1870. The first-order chi connectivity index (χ1) is 19.9. The van der Waals surface area contributed by atoms with E-state index in [1.54, 1.807) is 11.3 Å². The van der Waals surface area contributed by atoms with Crippen molar-refractivity contribution in [1.29, 1.82) is 5.26 Å². The Morgan fingerprint density at radius 3 is 2.71 bits per heavy atom. The number of esters is 1. The van der Waals surface area contributed by atoms with Crippen LogP contribution in [0.25, 0.3) is 38.8 Å². The number of aryl methyl sites for hydroxylation is 2. The first kappa shape index (κ1) is 27.3. The molecule has 0 unspecified atom stereocenters. The van der Waals surface area contributed by atoms with Gasteiger partial charge in [0.25, 0.3) is 0 Å². The van der Waals surface area contributed by atoms with Crippen LogP contribution in [0.4, 0.5) is 0 Å². The second kappa shape index (κ2) is 11.2. The number of H-pyrrole nitrogens is 1. The second-order valence-electron chi connectivity index (χ2n) is 10.3. The van der Waals surface area contributed by atoms with Gasteiger partial charge in [0.2, 0.25) is 0 Å². The molecule has 0 fully saturated rings. The summed E-state index contributed by atoms with van der Waals surface area (Å²) < 4.78 is 8.60. The Morgan fingerprint density at radius 2 is 1.95 bits per heavy atom. The molecule has 2 aromatic carbocycles. The third-order valence-electron chi connectivity index (χ3n) is 7.63. The summed E-state index contributed by atoms with van der Waals surface area (Å²) in [6.07, 6.45) is 6.13. The summed E-state index contributed by atoms with van der Waals surface area (Å²) in [4.78, 5) is 23.2. The van der Waals surface area contributed by atoms with Gasteiger partial charge in [0.15, 0.2) is 0 Å². The molecule has 1 aliphatic carbocycles. The van der Waals surface area contributed by atoms with Crippen LogP contribution in [0.15, 0.2) is 53.0 Å². The molecule has 0 aliphatic heterocycles. The second-order valence-corrected chi connectivity index (χ2v) is 12.3. The zero-order chi connectivity index (χ0) is 28.7. The number of carbonyl (C=O) groups is 1. The number of fused-ring (bicyclic) bond motifs is 2. The van der Waals surface area contributed by atoms with Gasteiger partial charge in [-0.25, -0.2) is 9.78 Å². The van der Waals surface area contributed by atoms with E-state index in [-0.39, 0.29) is 5.97 Å². The molecule has 5 aromatic rings. The number of hydrogen-bond donors (Lipinski definition) is 1. The Kier molecular flexibility index (Phi) is 7.41. The fraction of sp³-hybridized carbons (Fsp3) is 0.242. The van der Waals surface area contributed by atoms with Crippen LogP contribution in [0.2, 0.25) is 0 Å². The zero-order valence-corrected chi connectivity index (χ0v) is 25.6. The normalized spacial score (nSPS) is 13.3. The predicted octanol–water partition coefficient (Wildman–Crippen LogP) is 8.58. The van der Waals surface area contributed by atoms with Gasteiger partial charge in [-0.05, 0) is 106 Å². The average molecular weight is 626 g/mol. The summed E-state index contributed by atoms with van der Waals surface area (Å²) in [5.74, 6) is 0.329. The maximum Gasteiger partial charge on any atom is 0.339 e. The van der Waals surface area contributed by atoms with Gasteiger partial charge < -0.3 is 14.3 Å². The zero-order valence-electron chi connectivity index (χ0n) is 23.2. The molecule has 0 bridgehead atoms. The fourth-order valence-electron chi connectivity index (χ4n) is 5.70. The minimum absolute atomic E-state index is 0.218. The van der Waals surface area contributed by atoms with E-state index in [4.69, 9.17) is 4.74 Å². The van der Waals surface area contributed by atoms with Gasteiger partial charge in [-0.2, -0.15) is 5.26 Å². The average Bonchev–Trinajstić information content (AvgIpc) is 3.64. The van der Waals surface area contributed by atoms with Crippen LogP contribution in [0.1, 0.15) is 63.3 Å². The van der Waals surface area contributed by atoms with E-state index >= 15 is 0 Å². The van der Waals surface area contributed by atoms with Crippen molar-refractivity contribution in [3.8, 4) is 22.2 Å². The highest BCUT2D eigenvalue weighted by Gasteiger charge is 2.27. The number of thiophene rings is 1. The number of nitriles is 1. The van der Waals surface area contributed by atoms with Crippen molar-refractivity contribution < 1.29 is 9.53 Å². The molecule has 8 heteroatoms. The number of ether oxygens (including phenoxy) is 1. The SMILES string of the molecule is CCOC(=O)c1c(-c2ccc(-n3c(C)cc(/C=C(\C#N)c4nc5ccc(Br)cc5[nH]4)c3C)cc2)sc2c1CCCC2. The van der Waals surface area contributed by atoms with E-state index in [0.717, 1.165) is 73.4 Å². The first-order valence-electron chi connectivity index (χ1n) is 13.8. The topological polar surface area (TPSA) is 83.7 Å². The van der Waals surface area contributed by atoms with Crippen molar-refractivity contribution in [3.63, 3.8) is 0 Å². The van der Waals surface area contributed by atoms with Crippen molar-refractivity contribution in [2.24, 2.45) is 0 Å². The Hall–Kier alpha value is -3.93. The molecule has 206 valence electrons. The van der Waals surface area contributed by atoms with Crippen molar-refractivity contribution in [2.75, 3.05) is 6.61 Å². The van der Waals surface area contributed by atoms with Crippen LogP contribution in [-0.2, 0) is 17.6 Å². The number of allylic oxidation sites excluding steroid dienone is 1. The van der Waals surface area contributed by atoms with Gasteiger partial charge >= 0.3 is 5.97 Å². The molecule has 6 nitrogen and oxygen atoms in total. The monoisotopic (exact) mass is 624 g/mol. The molecule has 0 spiro atoms. The van der Waals surface area contributed by atoms with Crippen LogP contribution in [0, 0.1) is 25.2 Å². The molecule has 6 rings (SSSR count). The number of nitrogens with zero attached hydrogens (tertiary/aromatic N) is 3. The third kappa shape index (κ3) is 5.05. The number of nitrogens with one attached hydrogen (secondary N) is 1. The number of benzene rings is 2. The summed E-state index contributed by atoms with van der Waals surface area (Å²) in [7, 11) is 0. The van der Waals surface area contributed by atoms with Crippen molar-refractivity contribution in [3.05, 3.63) is 91.8 Å². The van der Waals surface area contributed by atoms with Crippen LogP contribution >= 0.6 is 27.3 Å². The quantitative estimate of drug-likeness (QED) is 0.151. The molecule has 0 saturated heterocycles. The van der Waals surface area contributed by atoms with Crippen molar-refractivity contribution >= 4 is 55.9 Å². The largest absolute Gasteiger partial charge is 0.462 e. The van der Waals surface area contributed by atoms with E-state index in [0.29, 0.717) is 18.0 Å². The molecule has 0 saturated carbocycles. The summed E-state index contributed by atoms with van der Waals surface area (Å²) in [6, 6.07) is 18.6. The number of imidazole rings is 1. The lowest BCUT2D eigenvalue weighted by Crippen LogP contribution is -2.10.